The lowest BCUT2D eigenvalue weighted by atomic mass is 9.45. The number of anilines is 1. The molecule has 4 saturated carbocycles. The van der Waals surface area contributed by atoms with Gasteiger partial charge in [-0.3, -0.25) is 9.78 Å². The summed E-state index contributed by atoms with van der Waals surface area (Å²) in [6.45, 7) is 13.4. The van der Waals surface area contributed by atoms with Gasteiger partial charge in [-0.1, -0.05) is 210 Å². The van der Waals surface area contributed by atoms with Gasteiger partial charge in [-0.15, -0.1) is 0 Å². The monoisotopic (exact) mass is 1510 g/mol. The highest BCUT2D eigenvalue weighted by atomic mass is 16.6. The number of likely N-dealkylation sites (N-methyl/N-ethyl adjacent to an activating group) is 1. The molecular weight excluding hydrogens is 1390 g/mol. The van der Waals surface area contributed by atoms with Crippen molar-refractivity contribution in [3.63, 3.8) is 0 Å². The third kappa shape index (κ3) is 17.5. The van der Waals surface area contributed by atoms with Crippen molar-refractivity contribution < 1.29 is 39.1 Å². The van der Waals surface area contributed by atoms with E-state index in [9.17, 15) is 35.3 Å². The highest BCUT2D eigenvalue weighted by Crippen LogP contribution is 2.73. The number of nitriles is 1. The molecule has 17 rings (SSSR count). The van der Waals surface area contributed by atoms with Crippen molar-refractivity contribution >= 4 is 44.5 Å². The van der Waals surface area contributed by atoms with E-state index in [0.717, 1.165) is 111 Å². The van der Waals surface area contributed by atoms with Gasteiger partial charge in [-0.25, -0.2) is 4.79 Å². The number of epoxide rings is 1. The molecule has 2 aliphatic heterocycles. The number of hydrogen-bond donors (Lipinski definition) is 5. The smallest absolute Gasteiger partial charge is 0.343 e. The van der Waals surface area contributed by atoms with Gasteiger partial charge in [-0.05, 0) is 247 Å². The Hall–Kier alpha value is -9.20. The van der Waals surface area contributed by atoms with Crippen LogP contribution in [-0.2, 0) is 28.0 Å². The number of fused-ring (bicyclic) bond motifs is 7. The number of nitrogens with zero attached hydrogens (tertiary/aromatic N) is 4. The minimum Gasteiger partial charge on any atom is -0.508 e. The second-order valence-electron chi connectivity index (χ2n) is 33.6. The number of aliphatic hydroxyl groups excluding tert-OH is 2. The van der Waals surface area contributed by atoms with Crippen molar-refractivity contribution in [3.8, 4) is 17.6 Å². The molecule has 0 bridgehead atoms. The van der Waals surface area contributed by atoms with Crippen LogP contribution in [0, 0.1) is 45.8 Å². The molecule has 6 fully saturated rings. The van der Waals surface area contributed by atoms with E-state index < -0.39 is 17.1 Å². The summed E-state index contributed by atoms with van der Waals surface area (Å²) < 4.78 is 17.3. The van der Waals surface area contributed by atoms with Crippen LogP contribution in [0.1, 0.15) is 207 Å². The predicted molar refractivity (Wildman–Crippen MR) is 450 cm³/mol. The molecule has 1 spiro atoms. The largest absolute Gasteiger partial charge is 0.508 e. The number of nitrogen functional groups attached to an aromatic ring is 1. The van der Waals surface area contributed by atoms with Crippen molar-refractivity contribution in [2.45, 2.75) is 198 Å². The fourth-order valence-electron chi connectivity index (χ4n) is 20.5. The fraction of sp³-hybridized carbons (Fsp3) is 0.449. The molecule has 6 aliphatic carbocycles. The number of likely N-dealkylation sites (tertiary alicyclic amines) is 1. The van der Waals surface area contributed by atoms with Crippen LogP contribution >= 0.6 is 0 Å². The minimum atomic E-state index is -0.626. The topological polar surface area (TPSA) is 219 Å². The maximum absolute atomic E-state index is 12.4. The number of pyridine rings is 1. The first kappa shape index (κ1) is 80.8. The summed E-state index contributed by atoms with van der Waals surface area (Å²) in [6, 6.07) is 66.7. The van der Waals surface area contributed by atoms with Crippen molar-refractivity contribution in [2.75, 3.05) is 52.6 Å². The van der Waals surface area contributed by atoms with E-state index in [4.69, 9.17) is 24.6 Å². The van der Waals surface area contributed by atoms with Gasteiger partial charge in [0.25, 0.3) is 0 Å². The Balaban J connectivity index is 0.000000124. The molecular formula is C98H117N5O9. The van der Waals surface area contributed by atoms with Gasteiger partial charge in [0, 0.05) is 47.6 Å². The van der Waals surface area contributed by atoms with Crippen LogP contribution in [0.2, 0.25) is 0 Å². The molecule has 10 atom stereocenters. The molecule has 2 unspecified atom stereocenters. The van der Waals surface area contributed by atoms with Crippen molar-refractivity contribution in [1.29, 1.82) is 5.26 Å². The summed E-state index contributed by atoms with van der Waals surface area (Å²) in [7, 11) is 4.11. The minimum absolute atomic E-state index is 0.0489. The number of aromatic hydroxyl groups is 1. The third-order valence-corrected chi connectivity index (χ3v) is 26.6. The lowest BCUT2D eigenvalue weighted by Gasteiger charge is -2.58. The zero-order valence-electron chi connectivity index (χ0n) is 66.8. The first-order chi connectivity index (χ1) is 54.3. The summed E-state index contributed by atoms with van der Waals surface area (Å²) in [5.41, 5.74) is 18.6. The number of carbonyl (C=O) groups excluding carboxylic acids is 1. The summed E-state index contributed by atoms with van der Waals surface area (Å²) in [6.07, 6.45) is 23.6. The summed E-state index contributed by atoms with van der Waals surface area (Å²) in [5.74, 6) is 2.60. The Morgan fingerprint density at radius 3 is 2.00 bits per heavy atom. The number of benzene rings is 7. The zero-order chi connectivity index (χ0) is 78.6. The van der Waals surface area contributed by atoms with Gasteiger partial charge in [0.1, 0.15) is 46.9 Å². The van der Waals surface area contributed by atoms with Crippen molar-refractivity contribution in [1.82, 2.24) is 14.8 Å². The van der Waals surface area contributed by atoms with Crippen LogP contribution in [0.5, 0.6) is 11.5 Å². The normalized spacial score (nSPS) is 24.7. The Labute approximate surface area is 663 Å². The summed E-state index contributed by atoms with van der Waals surface area (Å²) in [5, 5.41) is 54.1. The predicted octanol–water partition coefficient (Wildman–Crippen LogP) is 20.1. The highest BCUT2D eigenvalue weighted by Gasteiger charge is 2.76. The lowest BCUT2D eigenvalue weighted by Crippen LogP contribution is -2.57. The average molecular weight is 1510 g/mol. The molecule has 14 nitrogen and oxygen atoms in total. The van der Waals surface area contributed by atoms with E-state index in [1.807, 2.05) is 48.5 Å². The van der Waals surface area contributed by atoms with Gasteiger partial charge < -0.3 is 49.9 Å². The van der Waals surface area contributed by atoms with Gasteiger partial charge in [0.15, 0.2) is 0 Å². The van der Waals surface area contributed by atoms with Gasteiger partial charge >= 0.3 is 5.63 Å². The molecule has 0 amide bonds. The number of para-hydroxylation sites is 2. The van der Waals surface area contributed by atoms with Gasteiger partial charge in [0.2, 0.25) is 0 Å². The number of ether oxygens (including phenoxy) is 2. The lowest BCUT2D eigenvalue weighted by molar-refractivity contribution is -0.117. The van der Waals surface area contributed by atoms with Crippen molar-refractivity contribution in [3.05, 3.63) is 261 Å². The third-order valence-electron chi connectivity index (χ3n) is 26.6. The molecule has 2 aromatic heterocycles. The van der Waals surface area contributed by atoms with E-state index >= 15 is 0 Å². The molecule has 9 aromatic rings. The highest BCUT2D eigenvalue weighted by molar-refractivity contribution is 5.98. The fourth-order valence-corrected chi connectivity index (χ4v) is 20.5. The van der Waals surface area contributed by atoms with Crippen LogP contribution < -0.4 is 16.1 Å². The van der Waals surface area contributed by atoms with Crippen molar-refractivity contribution in [2.24, 2.45) is 34.5 Å². The molecule has 0 radical (unpaired) electrons. The maximum atomic E-state index is 12.4. The summed E-state index contributed by atoms with van der Waals surface area (Å²) in [4.78, 5) is 33.5. The van der Waals surface area contributed by atoms with E-state index in [0.29, 0.717) is 53.2 Å². The molecule has 6 N–H and O–H groups in total. The van der Waals surface area contributed by atoms with E-state index in [1.165, 1.54) is 123 Å². The van der Waals surface area contributed by atoms with E-state index in [1.54, 1.807) is 24.3 Å². The number of hydrogen-bond acceptors (Lipinski definition) is 14. The Morgan fingerprint density at radius 1 is 0.714 bits per heavy atom. The second kappa shape index (κ2) is 36.3. The second-order valence-corrected chi connectivity index (χ2v) is 33.6. The number of rotatable bonds is 17. The number of carbonyl (C=O) groups is 1. The molecule has 112 heavy (non-hydrogen) atoms. The van der Waals surface area contributed by atoms with Gasteiger partial charge in [0.05, 0.1) is 39.8 Å². The maximum Gasteiger partial charge on any atom is 0.343 e. The number of aryl methyl sites for hydroxylation is 1. The molecule has 14 heteroatoms. The molecule has 7 aromatic carbocycles. The first-order valence-corrected chi connectivity index (χ1v) is 41.6. The number of ketones is 1. The summed E-state index contributed by atoms with van der Waals surface area (Å²) >= 11 is 0. The van der Waals surface area contributed by atoms with Crippen LogP contribution in [-0.4, -0.2) is 106 Å². The van der Waals surface area contributed by atoms with Crippen LogP contribution in [0.3, 0.4) is 0 Å². The Morgan fingerprint density at radius 2 is 1.33 bits per heavy atom. The number of aliphatic hydroxyl groups is 3. The zero-order valence-corrected chi connectivity index (χ0v) is 66.8. The standard InChI is InChI=1S/C26H29NO.C20H27NO3.C20H31NO.C19H16O4.C13H14N2/c1-4-25(21-11-7-5-8-12-21)26(22-13-9-6-10-14-22)23-15-17-24(18-16-23)28-20-19-27(2)3;1-18-7-6-14-12(13(18)3-4-15(18)22)5-8-20-17(24-20)16(23)11(10-21)9-19(14,20)2;22-20(18-10-4-1-5-11-18,19-12-6-2-7-13-19)14-17-21-15-8-3-9-16-21;1-12(20)11-15(13-7-3-2-4-8-13)17-18(21)14-9-5-6-10-16(14)23-19(17)22;14-13-9-5-1-3-7-11(9)15-12-8-4-2-6-10(12)13/h5-18H,4,19-20H2,1-3H3;12-15,17,22-23H,3-9H2,1-2H3;1,4-5,10-11,19,22H,2-3,6-9,12-17H2;2-10,15,21H,11H2,1H3;1,3,5,7H,2,4,6,8H2,(H2,14,15)/b26-25-;;;;/t;12-,13-,14-,15-,17+,18-,19+,20+;;;/m.0.../s1. The first-order valence-electron chi connectivity index (χ1n) is 41.6. The molecule has 2 saturated heterocycles. The Kier molecular flexibility index (Phi) is 26.2. The van der Waals surface area contributed by atoms with Crippen LogP contribution in [0.25, 0.3) is 33.0 Å². The number of allylic oxidation sites excluding steroid dienone is 2. The molecule has 8 aliphatic rings. The molecule has 588 valence electrons. The molecule has 4 heterocycles. The SMILES string of the molecule is CC(=O)CC(c1ccccc1)c1c(O)c2ccccc2oc1=O.CC/C(=C(\c1ccccc1)c1ccc(OCCN(C)C)cc1)c1ccccc1.C[C@]12CC[C@H]3[C@@H](CC[C@@]45O[C@@H]4C(O)=C(C#N)C[C@]35C)[C@@H]1CC[C@@H]2O.Nc1c2c(nc3ccccc13)CCCC2.OC(CCN1CCCCC1)(c1ccccc1)C1CCCCC1. The number of piperidine rings is 1. The van der Waals surface area contributed by atoms with Crippen LogP contribution in [0.15, 0.2) is 215 Å². The van der Waals surface area contributed by atoms with E-state index in [-0.39, 0.29) is 57.9 Å². The number of Topliss-reactive ketones (excluding diaryl/α,β-unsaturated/α-hetero) is 1. The quantitative estimate of drug-likeness (QED) is 0.0325. The number of nitrogens with two attached hydrogens (primary N) is 1. The van der Waals surface area contributed by atoms with Crippen LogP contribution in [0.4, 0.5) is 5.69 Å². The Bertz CT molecular complexity index is 4820. The van der Waals surface area contributed by atoms with Gasteiger partial charge in [-0.2, -0.15) is 5.26 Å². The van der Waals surface area contributed by atoms with E-state index in [2.05, 4.69) is 172 Å². The average Bonchev–Trinajstić information content (AvgIpc) is 1.50. The number of aromatic nitrogens is 1.